The van der Waals surface area contributed by atoms with Gasteiger partial charge in [-0.1, -0.05) is 115 Å². The van der Waals surface area contributed by atoms with Crippen LogP contribution in [0.2, 0.25) is 5.02 Å². The summed E-state index contributed by atoms with van der Waals surface area (Å²) in [6.45, 7) is 0. The fraction of sp³-hybridized carbons (Fsp3) is 0.0541. The Morgan fingerprint density at radius 3 is 1.86 bits per heavy atom. The molecule has 0 aliphatic carbocycles. The Balaban J connectivity index is 1.45. The number of nitrogens with zero attached hydrogens (tertiary/aromatic N) is 2. The van der Waals surface area contributed by atoms with Gasteiger partial charge in [-0.05, 0) is 52.6 Å². The molecule has 5 nitrogen and oxygen atoms in total. The van der Waals surface area contributed by atoms with Crippen LogP contribution in [0.15, 0.2) is 146 Å². The first-order valence-electron chi connectivity index (χ1n) is 14.0. The number of aromatic nitrogens is 2. The monoisotopic (exact) mass is 615 g/mol. The molecule has 0 bridgehead atoms. The number of halogens is 2. The van der Waals surface area contributed by atoms with Crippen molar-refractivity contribution in [3.63, 3.8) is 0 Å². The highest BCUT2D eigenvalue weighted by molar-refractivity contribution is 6.31. The first-order chi connectivity index (χ1) is 21.5. The van der Waals surface area contributed by atoms with Crippen molar-refractivity contribution in [1.29, 1.82) is 0 Å². The van der Waals surface area contributed by atoms with Crippen molar-refractivity contribution < 1.29 is 9.59 Å². The minimum Gasteiger partial charge on any atom is -0.321 e. The molecule has 0 radical (unpaired) electrons. The molecule has 0 atom stereocenters. The number of carbonyl (C=O) groups is 2. The third-order valence-corrected chi connectivity index (χ3v) is 8.12. The third-order valence-electron chi connectivity index (χ3n) is 7.58. The van der Waals surface area contributed by atoms with Crippen LogP contribution in [-0.4, -0.2) is 21.5 Å². The van der Waals surface area contributed by atoms with Gasteiger partial charge in [0.05, 0.1) is 17.4 Å². The van der Waals surface area contributed by atoms with Gasteiger partial charge in [0, 0.05) is 28.2 Å². The van der Waals surface area contributed by atoms with Gasteiger partial charge in [0.2, 0.25) is 0 Å². The molecule has 0 aliphatic heterocycles. The minimum atomic E-state index is -0.874. The minimum absolute atomic E-state index is 0.253. The fourth-order valence-electron chi connectivity index (χ4n) is 5.52. The number of hydrogen-bond acceptors (Lipinski definition) is 3. The van der Waals surface area contributed by atoms with Crippen molar-refractivity contribution in [1.82, 2.24) is 9.78 Å². The Kier molecular flexibility index (Phi) is 8.42. The summed E-state index contributed by atoms with van der Waals surface area (Å²) in [6, 6.07) is 42.1. The number of carbonyl (C=O) groups excluding carboxylic acids is 2. The lowest BCUT2D eigenvalue weighted by atomic mass is 9.77. The van der Waals surface area contributed by atoms with E-state index in [2.05, 4.69) is 41.7 Å². The molecule has 0 aliphatic rings. The van der Waals surface area contributed by atoms with Crippen molar-refractivity contribution in [2.45, 2.75) is 11.4 Å². The van der Waals surface area contributed by atoms with Crippen LogP contribution in [0.3, 0.4) is 0 Å². The number of alkyl halides is 1. The SMILES string of the molecule is O=C(Nc1ccc(Cl)cc1C(=O)c1cnn(C(c2ccccc2)(c2ccccc2)c2ccccc2)c1)c1cccc(CCl)c1. The third kappa shape index (κ3) is 5.55. The van der Waals surface area contributed by atoms with Crippen LogP contribution in [0, 0.1) is 0 Å². The molecule has 1 aromatic heterocycles. The average molecular weight is 617 g/mol. The Hall–Kier alpha value is -4.97. The average Bonchev–Trinajstić information content (AvgIpc) is 3.57. The van der Waals surface area contributed by atoms with Crippen molar-refractivity contribution >= 4 is 40.6 Å². The van der Waals surface area contributed by atoms with Crippen LogP contribution in [0.1, 0.15) is 48.5 Å². The van der Waals surface area contributed by atoms with Crippen LogP contribution < -0.4 is 5.32 Å². The zero-order valence-electron chi connectivity index (χ0n) is 23.5. The van der Waals surface area contributed by atoms with Gasteiger partial charge in [-0.3, -0.25) is 14.3 Å². The predicted octanol–water partition coefficient (Wildman–Crippen LogP) is 8.60. The molecule has 0 saturated heterocycles. The standard InChI is InChI=1S/C37H27Cl2N3O2/c38-23-26-11-10-12-27(21-26)36(44)41-34-20-19-32(39)22-33(34)35(43)28-24-40-42(25-28)37(29-13-4-1-5-14-29,30-15-6-2-7-16-30)31-17-8-3-9-18-31/h1-22,24-25H,23H2,(H,41,44). The number of hydrogen-bond donors (Lipinski definition) is 1. The number of benzene rings is 5. The van der Waals surface area contributed by atoms with E-state index in [1.165, 1.54) is 0 Å². The lowest BCUT2D eigenvalue weighted by Crippen LogP contribution is -2.38. The van der Waals surface area contributed by atoms with E-state index in [1.807, 2.05) is 65.3 Å². The molecule has 44 heavy (non-hydrogen) atoms. The molecule has 1 amide bonds. The topological polar surface area (TPSA) is 64.0 Å². The van der Waals surface area contributed by atoms with E-state index < -0.39 is 5.54 Å². The van der Waals surface area contributed by atoms with Crippen molar-refractivity contribution in [3.05, 3.63) is 190 Å². The summed E-state index contributed by atoms with van der Waals surface area (Å²) >= 11 is 12.3. The predicted molar refractivity (Wildman–Crippen MR) is 176 cm³/mol. The van der Waals surface area contributed by atoms with Gasteiger partial charge in [-0.25, -0.2) is 0 Å². The number of amides is 1. The molecule has 1 N–H and O–H groups in total. The summed E-state index contributed by atoms with van der Waals surface area (Å²) < 4.78 is 1.83. The van der Waals surface area contributed by atoms with E-state index >= 15 is 0 Å². The Morgan fingerprint density at radius 1 is 0.705 bits per heavy atom. The Bertz CT molecular complexity index is 1830. The summed E-state index contributed by atoms with van der Waals surface area (Å²) in [5.74, 6) is -0.404. The lowest BCUT2D eigenvalue weighted by molar-refractivity contribution is 0.102. The van der Waals surface area contributed by atoms with E-state index in [-0.39, 0.29) is 23.1 Å². The second-order valence-corrected chi connectivity index (χ2v) is 11.0. The molecule has 7 heteroatoms. The van der Waals surface area contributed by atoms with Crippen LogP contribution in [0.4, 0.5) is 5.69 Å². The molecular formula is C37H27Cl2N3O2. The quantitative estimate of drug-likeness (QED) is 0.101. The number of rotatable bonds is 9. The zero-order valence-corrected chi connectivity index (χ0v) is 25.0. The highest BCUT2D eigenvalue weighted by Gasteiger charge is 2.39. The Morgan fingerprint density at radius 2 is 1.30 bits per heavy atom. The first-order valence-corrected chi connectivity index (χ1v) is 14.9. The molecule has 0 saturated carbocycles. The normalized spacial score (nSPS) is 11.2. The number of ketones is 1. The first kappa shape index (κ1) is 29.1. The van der Waals surface area contributed by atoms with Crippen LogP contribution in [0.25, 0.3) is 0 Å². The van der Waals surface area contributed by atoms with Gasteiger partial charge in [0.1, 0.15) is 5.54 Å². The molecule has 216 valence electrons. The van der Waals surface area contributed by atoms with Gasteiger partial charge in [0.25, 0.3) is 5.91 Å². The fourth-order valence-corrected chi connectivity index (χ4v) is 5.86. The summed E-state index contributed by atoms with van der Waals surface area (Å²) in [5, 5.41) is 8.06. The van der Waals surface area contributed by atoms with Gasteiger partial charge < -0.3 is 5.32 Å². The second kappa shape index (κ2) is 12.7. The maximum absolute atomic E-state index is 14.1. The summed E-state index contributed by atoms with van der Waals surface area (Å²) in [6.07, 6.45) is 3.31. The molecule has 5 aromatic carbocycles. The molecule has 0 unspecified atom stereocenters. The van der Waals surface area contributed by atoms with Gasteiger partial charge in [0.15, 0.2) is 5.78 Å². The van der Waals surface area contributed by atoms with Crippen LogP contribution in [-0.2, 0) is 11.4 Å². The Labute approximate surface area is 265 Å². The van der Waals surface area contributed by atoms with Crippen LogP contribution in [0.5, 0.6) is 0 Å². The summed E-state index contributed by atoms with van der Waals surface area (Å²) in [7, 11) is 0. The lowest BCUT2D eigenvalue weighted by Gasteiger charge is -2.36. The largest absolute Gasteiger partial charge is 0.321 e. The smallest absolute Gasteiger partial charge is 0.255 e. The van der Waals surface area contributed by atoms with Gasteiger partial charge in [-0.2, -0.15) is 5.10 Å². The maximum Gasteiger partial charge on any atom is 0.255 e. The van der Waals surface area contributed by atoms with Crippen molar-refractivity contribution in [3.8, 4) is 0 Å². The molecular weight excluding hydrogens is 589 g/mol. The molecule has 0 fully saturated rings. The highest BCUT2D eigenvalue weighted by atomic mass is 35.5. The van der Waals surface area contributed by atoms with Gasteiger partial charge >= 0.3 is 0 Å². The van der Waals surface area contributed by atoms with E-state index in [1.54, 1.807) is 48.8 Å². The molecule has 6 rings (SSSR count). The van der Waals surface area contributed by atoms with Crippen molar-refractivity contribution in [2.75, 3.05) is 5.32 Å². The highest BCUT2D eigenvalue weighted by Crippen LogP contribution is 2.40. The van der Waals surface area contributed by atoms with E-state index in [4.69, 9.17) is 28.3 Å². The molecule has 6 aromatic rings. The number of anilines is 1. The second-order valence-electron chi connectivity index (χ2n) is 10.3. The summed E-state index contributed by atoms with van der Waals surface area (Å²) in [5.41, 5.74) is 4.26. The van der Waals surface area contributed by atoms with E-state index in [9.17, 15) is 9.59 Å². The van der Waals surface area contributed by atoms with Gasteiger partial charge in [-0.15, -0.1) is 11.6 Å². The van der Waals surface area contributed by atoms with Crippen molar-refractivity contribution in [2.24, 2.45) is 0 Å². The van der Waals surface area contributed by atoms with E-state index in [0.29, 0.717) is 21.8 Å². The zero-order chi connectivity index (χ0) is 30.5. The number of nitrogens with one attached hydrogen (secondary N) is 1. The molecule has 1 heterocycles. The van der Waals surface area contributed by atoms with Crippen LogP contribution >= 0.6 is 23.2 Å². The van der Waals surface area contributed by atoms with E-state index in [0.717, 1.165) is 22.3 Å². The molecule has 0 spiro atoms. The maximum atomic E-state index is 14.1. The summed E-state index contributed by atoms with van der Waals surface area (Å²) in [4.78, 5) is 27.3.